The Labute approximate surface area is 194 Å². The maximum absolute atomic E-state index is 12.8. The van der Waals surface area contributed by atoms with E-state index >= 15 is 0 Å². The van der Waals surface area contributed by atoms with Gasteiger partial charge in [0, 0.05) is 22.1 Å². The summed E-state index contributed by atoms with van der Waals surface area (Å²) in [5.41, 5.74) is 3.64. The smallest absolute Gasteiger partial charge is 0.339 e. The SMILES string of the molecule is Cc1ccc(-c2csc(NC(=O)COC(=O)c3ccccc3C(=O)c3ccccc3)n2)cc1. The number of benzene rings is 3. The fourth-order valence-electron chi connectivity index (χ4n) is 3.16. The van der Waals surface area contributed by atoms with E-state index < -0.39 is 18.5 Å². The van der Waals surface area contributed by atoms with Gasteiger partial charge in [-0.15, -0.1) is 11.3 Å². The van der Waals surface area contributed by atoms with E-state index in [0.717, 1.165) is 16.8 Å². The number of amides is 1. The molecule has 1 heterocycles. The molecule has 0 saturated heterocycles. The zero-order valence-electron chi connectivity index (χ0n) is 17.8. The molecule has 1 aromatic heterocycles. The van der Waals surface area contributed by atoms with Gasteiger partial charge in [-0.2, -0.15) is 0 Å². The Hall–Kier alpha value is -4.10. The van der Waals surface area contributed by atoms with Gasteiger partial charge in [0.15, 0.2) is 17.5 Å². The standard InChI is InChI=1S/C26H20N2O4S/c1-17-11-13-18(14-12-17)22-16-33-26(27-22)28-23(29)15-32-25(31)21-10-6-5-9-20(21)24(30)19-7-3-2-4-8-19/h2-14,16H,15H2,1H3,(H,27,28,29). The molecule has 0 fully saturated rings. The van der Waals surface area contributed by atoms with Crippen molar-refractivity contribution in [2.45, 2.75) is 6.92 Å². The van der Waals surface area contributed by atoms with Gasteiger partial charge in [0.2, 0.25) is 0 Å². The summed E-state index contributed by atoms with van der Waals surface area (Å²) in [6, 6.07) is 23.0. The number of aryl methyl sites for hydroxylation is 1. The number of ketones is 1. The van der Waals surface area contributed by atoms with Crippen LogP contribution in [0.4, 0.5) is 5.13 Å². The first-order valence-electron chi connectivity index (χ1n) is 10.2. The van der Waals surface area contributed by atoms with Crippen molar-refractivity contribution in [3.63, 3.8) is 0 Å². The molecule has 1 amide bonds. The van der Waals surface area contributed by atoms with E-state index in [2.05, 4.69) is 10.3 Å². The number of anilines is 1. The van der Waals surface area contributed by atoms with Crippen molar-refractivity contribution < 1.29 is 19.1 Å². The topological polar surface area (TPSA) is 85.4 Å². The molecule has 0 aliphatic rings. The average Bonchev–Trinajstić information content (AvgIpc) is 3.31. The van der Waals surface area contributed by atoms with Gasteiger partial charge in [-0.3, -0.25) is 14.9 Å². The van der Waals surface area contributed by atoms with Crippen LogP contribution >= 0.6 is 11.3 Å². The third-order valence-electron chi connectivity index (χ3n) is 4.86. The molecule has 0 unspecified atom stereocenters. The Morgan fingerprint density at radius 2 is 1.55 bits per heavy atom. The summed E-state index contributed by atoms with van der Waals surface area (Å²) in [4.78, 5) is 42.1. The lowest BCUT2D eigenvalue weighted by Crippen LogP contribution is -2.22. The summed E-state index contributed by atoms with van der Waals surface area (Å²) in [6.45, 7) is 1.51. The summed E-state index contributed by atoms with van der Waals surface area (Å²) < 4.78 is 5.17. The number of hydrogen-bond donors (Lipinski definition) is 1. The van der Waals surface area contributed by atoms with Crippen molar-refractivity contribution in [2.24, 2.45) is 0 Å². The zero-order chi connectivity index (χ0) is 23.2. The van der Waals surface area contributed by atoms with Crippen LogP contribution in [-0.4, -0.2) is 29.3 Å². The first-order chi connectivity index (χ1) is 16.0. The Kier molecular flexibility index (Phi) is 6.71. The molecule has 164 valence electrons. The number of rotatable bonds is 7. The number of hydrogen-bond acceptors (Lipinski definition) is 6. The quantitative estimate of drug-likeness (QED) is 0.307. The highest BCUT2D eigenvalue weighted by atomic mass is 32.1. The van der Waals surface area contributed by atoms with Crippen LogP contribution < -0.4 is 5.32 Å². The van der Waals surface area contributed by atoms with Crippen LogP contribution in [0.5, 0.6) is 0 Å². The van der Waals surface area contributed by atoms with Crippen molar-refractivity contribution in [1.82, 2.24) is 4.98 Å². The summed E-state index contributed by atoms with van der Waals surface area (Å²) in [6.07, 6.45) is 0. The molecule has 0 atom stereocenters. The van der Waals surface area contributed by atoms with E-state index in [0.29, 0.717) is 10.7 Å². The fourth-order valence-corrected chi connectivity index (χ4v) is 3.89. The average molecular weight is 457 g/mol. The highest BCUT2D eigenvalue weighted by Crippen LogP contribution is 2.25. The van der Waals surface area contributed by atoms with E-state index in [4.69, 9.17) is 4.74 Å². The molecule has 0 aliphatic heterocycles. The highest BCUT2D eigenvalue weighted by molar-refractivity contribution is 7.14. The Morgan fingerprint density at radius 3 is 2.27 bits per heavy atom. The van der Waals surface area contributed by atoms with Crippen LogP contribution in [0, 0.1) is 6.92 Å². The summed E-state index contributed by atoms with van der Waals surface area (Å²) in [5.74, 6) is -1.55. The van der Waals surface area contributed by atoms with E-state index in [1.165, 1.54) is 17.4 Å². The van der Waals surface area contributed by atoms with Crippen LogP contribution in [0.2, 0.25) is 0 Å². The van der Waals surface area contributed by atoms with Gasteiger partial charge in [0.25, 0.3) is 5.91 Å². The van der Waals surface area contributed by atoms with Crippen LogP contribution in [0.15, 0.2) is 84.2 Å². The number of nitrogens with one attached hydrogen (secondary N) is 1. The molecular formula is C26H20N2O4S. The summed E-state index contributed by atoms with van der Waals surface area (Å²) in [5, 5.41) is 4.89. The molecular weight excluding hydrogens is 436 g/mol. The predicted octanol–water partition coefficient (Wildman–Crippen LogP) is 5.15. The normalized spacial score (nSPS) is 10.5. The van der Waals surface area contributed by atoms with E-state index in [-0.39, 0.29) is 16.9 Å². The molecule has 33 heavy (non-hydrogen) atoms. The molecule has 6 nitrogen and oxygen atoms in total. The molecule has 0 bridgehead atoms. The van der Waals surface area contributed by atoms with Gasteiger partial charge in [-0.25, -0.2) is 9.78 Å². The minimum Gasteiger partial charge on any atom is -0.452 e. The van der Waals surface area contributed by atoms with Crippen LogP contribution in [-0.2, 0) is 9.53 Å². The van der Waals surface area contributed by atoms with Gasteiger partial charge in [-0.05, 0) is 13.0 Å². The first-order valence-corrected chi connectivity index (χ1v) is 11.1. The fraction of sp³-hybridized carbons (Fsp3) is 0.0769. The maximum atomic E-state index is 12.8. The van der Waals surface area contributed by atoms with Gasteiger partial charge in [-0.1, -0.05) is 78.4 Å². The lowest BCUT2D eigenvalue weighted by molar-refractivity contribution is -0.119. The maximum Gasteiger partial charge on any atom is 0.339 e. The predicted molar refractivity (Wildman–Crippen MR) is 128 cm³/mol. The number of aromatic nitrogens is 1. The number of esters is 1. The Bertz CT molecular complexity index is 1300. The monoisotopic (exact) mass is 456 g/mol. The molecule has 7 heteroatoms. The minimum atomic E-state index is -0.746. The van der Waals surface area contributed by atoms with Gasteiger partial charge in [0.1, 0.15) is 0 Å². The van der Waals surface area contributed by atoms with Crippen LogP contribution in [0.1, 0.15) is 31.8 Å². The molecule has 4 aromatic rings. The lowest BCUT2D eigenvalue weighted by Gasteiger charge is -2.09. The summed E-state index contributed by atoms with van der Waals surface area (Å²) in [7, 11) is 0. The molecule has 0 aliphatic carbocycles. The number of thiazole rings is 1. The molecule has 3 aromatic carbocycles. The van der Waals surface area contributed by atoms with Crippen LogP contribution in [0.25, 0.3) is 11.3 Å². The first kappa shape index (κ1) is 22.1. The number of carbonyl (C=O) groups is 3. The van der Waals surface area contributed by atoms with Crippen molar-refractivity contribution in [3.05, 3.63) is 106 Å². The second-order valence-corrected chi connectivity index (χ2v) is 8.13. The second kappa shape index (κ2) is 10.0. The number of ether oxygens (including phenoxy) is 1. The van der Waals surface area contributed by atoms with E-state index in [1.54, 1.807) is 42.5 Å². The Morgan fingerprint density at radius 1 is 0.879 bits per heavy atom. The third kappa shape index (κ3) is 5.39. The largest absolute Gasteiger partial charge is 0.452 e. The van der Waals surface area contributed by atoms with Crippen molar-refractivity contribution >= 4 is 34.1 Å². The van der Waals surface area contributed by atoms with Crippen molar-refractivity contribution in [3.8, 4) is 11.3 Å². The lowest BCUT2D eigenvalue weighted by atomic mass is 9.98. The molecule has 0 radical (unpaired) electrons. The molecule has 1 N–H and O–H groups in total. The van der Waals surface area contributed by atoms with Gasteiger partial charge < -0.3 is 4.74 Å². The zero-order valence-corrected chi connectivity index (χ0v) is 18.6. The third-order valence-corrected chi connectivity index (χ3v) is 5.62. The number of nitrogens with zero attached hydrogens (tertiary/aromatic N) is 1. The van der Waals surface area contributed by atoms with E-state index in [9.17, 15) is 14.4 Å². The second-order valence-electron chi connectivity index (χ2n) is 7.27. The molecule has 0 spiro atoms. The van der Waals surface area contributed by atoms with Crippen molar-refractivity contribution in [2.75, 3.05) is 11.9 Å². The van der Waals surface area contributed by atoms with Gasteiger partial charge in [0.05, 0.1) is 11.3 Å². The summed E-state index contributed by atoms with van der Waals surface area (Å²) >= 11 is 1.28. The minimum absolute atomic E-state index is 0.107. The highest BCUT2D eigenvalue weighted by Gasteiger charge is 2.20. The Balaban J connectivity index is 1.38. The van der Waals surface area contributed by atoms with Crippen molar-refractivity contribution in [1.29, 1.82) is 0 Å². The molecule has 0 saturated carbocycles. The van der Waals surface area contributed by atoms with Gasteiger partial charge >= 0.3 is 5.97 Å². The van der Waals surface area contributed by atoms with E-state index in [1.807, 2.05) is 42.6 Å². The van der Waals surface area contributed by atoms with Crippen LogP contribution in [0.3, 0.4) is 0 Å². The number of carbonyl (C=O) groups excluding carboxylic acids is 3. The molecule has 4 rings (SSSR count).